The number of nitrogens with zero attached hydrogens (tertiary/aromatic N) is 1. The Labute approximate surface area is 198 Å². The maximum atomic E-state index is 11.8. The van der Waals surface area contributed by atoms with Gasteiger partial charge in [-0.3, -0.25) is 14.9 Å². The number of ether oxygens (including phenoxy) is 4. The van der Waals surface area contributed by atoms with Gasteiger partial charge >= 0.3 is 0 Å². The number of nitro groups is 1. The second-order valence-corrected chi connectivity index (χ2v) is 8.11. The zero-order chi connectivity index (χ0) is 25.9. The van der Waals surface area contributed by atoms with E-state index in [1.54, 1.807) is 0 Å². The molecule has 3 rings (SSSR count). The smallest absolute Gasteiger partial charge is 0.269 e. The van der Waals surface area contributed by atoms with Crippen molar-refractivity contribution in [2.24, 2.45) is 0 Å². The van der Waals surface area contributed by atoms with Gasteiger partial charge < -0.3 is 54.9 Å². The number of nitro benzene ring substituents is 1. The highest BCUT2D eigenvalue weighted by atomic mass is 16.7. The van der Waals surface area contributed by atoms with Crippen LogP contribution in [0.25, 0.3) is 0 Å². The highest BCUT2D eigenvalue weighted by molar-refractivity contribution is 5.73. The molecule has 2 saturated heterocycles. The van der Waals surface area contributed by atoms with Crippen molar-refractivity contribution in [2.45, 2.75) is 68.3 Å². The van der Waals surface area contributed by atoms with Gasteiger partial charge in [-0.05, 0) is 12.1 Å². The summed E-state index contributed by atoms with van der Waals surface area (Å²) in [4.78, 5) is 22.0. The average Bonchev–Trinajstić information content (AvgIpc) is 2.83. The Kier molecular flexibility index (Phi) is 8.92. The molecule has 15 nitrogen and oxygen atoms in total. The quantitative estimate of drug-likeness (QED) is 0.136. The van der Waals surface area contributed by atoms with Crippen LogP contribution < -0.4 is 10.1 Å². The summed E-state index contributed by atoms with van der Waals surface area (Å²) in [5.74, 6) is -0.475. The van der Waals surface area contributed by atoms with E-state index in [4.69, 9.17) is 18.9 Å². The minimum atomic E-state index is -1.78. The van der Waals surface area contributed by atoms with Crippen molar-refractivity contribution < 1.29 is 59.3 Å². The van der Waals surface area contributed by atoms with E-state index in [1.807, 2.05) is 0 Å². The molecule has 2 heterocycles. The lowest BCUT2D eigenvalue weighted by Gasteiger charge is -2.47. The van der Waals surface area contributed by atoms with Crippen LogP contribution in [0, 0.1) is 10.1 Å². The summed E-state index contributed by atoms with van der Waals surface area (Å²) < 4.78 is 22.2. The Hall–Kier alpha value is -2.47. The standard InChI is InChI=1S/C20H28N2O13/c1-8(25)21-13-15(27)18(35-20-17(29)16(28)14(26)11(6-23)33-20)12(7-24)34-19(13)32-10-4-2-9(3-5-10)22(30)31/h2-5,11-20,23-24,26-29H,6-7H2,1H3,(H,21,25)/t11-,12-,13+,14+,15-,16+,17-,18-,19+,20+/m1/s1. The van der Waals surface area contributed by atoms with Gasteiger partial charge in [0, 0.05) is 19.1 Å². The molecule has 1 aromatic carbocycles. The topological polar surface area (TPSA) is 231 Å². The summed E-state index contributed by atoms with van der Waals surface area (Å²) in [6, 6.07) is 3.64. The van der Waals surface area contributed by atoms with Gasteiger partial charge in [0.2, 0.25) is 12.2 Å². The molecule has 0 spiro atoms. The summed E-state index contributed by atoms with van der Waals surface area (Å²) in [5.41, 5.74) is -0.193. The lowest BCUT2D eigenvalue weighted by molar-refractivity contribution is -0.384. The first-order valence-electron chi connectivity index (χ1n) is 10.7. The molecule has 0 saturated carbocycles. The van der Waals surface area contributed by atoms with Crippen molar-refractivity contribution in [3.05, 3.63) is 34.4 Å². The van der Waals surface area contributed by atoms with Crippen LogP contribution in [0.1, 0.15) is 6.92 Å². The number of nitrogens with one attached hydrogen (secondary N) is 1. The second kappa shape index (κ2) is 11.5. The number of carbonyl (C=O) groups is 1. The van der Waals surface area contributed by atoms with E-state index < -0.39 is 85.4 Å². The number of rotatable bonds is 8. The fraction of sp³-hybridized carbons (Fsp3) is 0.650. The van der Waals surface area contributed by atoms with Crippen LogP contribution in [0.4, 0.5) is 5.69 Å². The number of hydrogen-bond acceptors (Lipinski definition) is 13. The van der Waals surface area contributed by atoms with Gasteiger partial charge in [0.05, 0.1) is 18.1 Å². The zero-order valence-corrected chi connectivity index (χ0v) is 18.5. The molecule has 10 atom stereocenters. The molecule has 0 aliphatic carbocycles. The summed E-state index contributed by atoms with van der Waals surface area (Å²) in [7, 11) is 0. The molecule has 2 aliphatic rings. The Morgan fingerprint density at radius 1 is 0.971 bits per heavy atom. The van der Waals surface area contributed by atoms with Gasteiger partial charge in [0.15, 0.2) is 6.29 Å². The van der Waals surface area contributed by atoms with E-state index >= 15 is 0 Å². The number of aliphatic hydroxyl groups excluding tert-OH is 6. The van der Waals surface area contributed by atoms with Gasteiger partial charge in [-0.2, -0.15) is 0 Å². The normalized spacial score (nSPS) is 37.5. The first kappa shape index (κ1) is 27.1. The monoisotopic (exact) mass is 504 g/mol. The minimum absolute atomic E-state index is 0.105. The van der Waals surface area contributed by atoms with E-state index in [1.165, 1.54) is 31.2 Å². The number of carbonyl (C=O) groups excluding carboxylic acids is 1. The van der Waals surface area contributed by atoms with Crippen LogP contribution in [-0.2, 0) is 19.0 Å². The van der Waals surface area contributed by atoms with E-state index in [9.17, 15) is 45.5 Å². The van der Waals surface area contributed by atoms with Gasteiger partial charge in [0.1, 0.15) is 54.5 Å². The predicted octanol–water partition coefficient (Wildman–Crippen LogP) is -3.26. The predicted molar refractivity (Wildman–Crippen MR) is 112 cm³/mol. The van der Waals surface area contributed by atoms with Crippen LogP contribution in [0.5, 0.6) is 5.75 Å². The lowest BCUT2D eigenvalue weighted by atomic mass is 9.95. The Bertz CT molecular complexity index is 869. The molecule has 1 aromatic rings. The van der Waals surface area contributed by atoms with Crippen molar-refractivity contribution >= 4 is 11.6 Å². The third-order valence-electron chi connectivity index (χ3n) is 5.66. The van der Waals surface area contributed by atoms with Crippen LogP contribution in [-0.4, -0.2) is 116 Å². The number of benzene rings is 1. The van der Waals surface area contributed by atoms with Crippen LogP contribution in [0.3, 0.4) is 0 Å². The molecule has 15 heteroatoms. The second-order valence-electron chi connectivity index (χ2n) is 8.11. The average molecular weight is 504 g/mol. The fourth-order valence-corrected chi connectivity index (χ4v) is 3.84. The molecule has 2 fully saturated rings. The Balaban J connectivity index is 1.81. The molecule has 0 bridgehead atoms. The van der Waals surface area contributed by atoms with Crippen LogP contribution in [0.2, 0.25) is 0 Å². The molecule has 0 aromatic heterocycles. The first-order valence-corrected chi connectivity index (χ1v) is 10.7. The lowest BCUT2D eigenvalue weighted by Crippen LogP contribution is -2.68. The summed E-state index contributed by atoms with van der Waals surface area (Å²) in [6.45, 7) is -0.259. The highest BCUT2D eigenvalue weighted by Gasteiger charge is 2.51. The molecule has 0 radical (unpaired) electrons. The summed E-state index contributed by atoms with van der Waals surface area (Å²) in [5, 5.41) is 73.7. The van der Waals surface area contributed by atoms with Crippen molar-refractivity contribution in [1.82, 2.24) is 5.32 Å². The summed E-state index contributed by atoms with van der Waals surface area (Å²) >= 11 is 0. The van der Waals surface area contributed by atoms with Crippen molar-refractivity contribution in [3.8, 4) is 5.75 Å². The minimum Gasteiger partial charge on any atom is -0.463 e. The number of amides is 1. The molecule has 2 aliphatic heterocycles. The Morgan fingerprint density at radius 3 is 2.11 bits per heavy atom. The molecule has 1 amide bonds. The van der Waals surface area contributed by atoms with Crippen LogP contribution >= 0.6 is 0 Å². The van der Waals surface area contributed by atoms with Crippen LogP contribution in [0.15, 0.2) is 24.3 Å². The van der Waals surface area contributed by atoms with E-state index in [2.05, 4.69) is 5.32 Å². The fourth-order valence-electron chi connectivity index (χ4n) is 3.84. The maximum absolute atomic E-state index is 11.8. The Morgan fingerprint density at radius 2 is 1.57 bits per heavy atom. The number of aliphatic hydroxyl groups is 6. The third-order valence-corrected chi connectivity index (χ3v) is 5.66. The molecular formula is C20H28N2O13. The summed E-state index contributed by atoms with van der Waals surface area (Å²) in [6.07, 6.45) is -13.8. The van der Waals surface area contributed by atoms with E-state index in [0.29, 0.717) is 0 Å². The molecule has 0 unspecified atom stereocenters. The van der Waals surface area contributed by atoms with E-state index in [-0.39, 0.29) is 11.4 Å². The van der Waals surface area contributed by atoms with E-state index in [0.717, 1.165) is 0 Å². The molecule has 35 heavy (non-hydrogen) atoms. The highest BCUT2D eigenvalue weighted by Crippen LogP contribution is 2.30. The van der Waals surface area contributed by atoms with Crippen molar-refractivity contribution in [1.29, 1.82) is 0 Å². The number of non-ortho nitro benzene ring substituents is 1. The van der Waals surface area contributed by atoms with Gasteiger partial charge in [-0.25, -0.2) is 0 Å². The molecule has 196 valence electrons. The zero-order valence-electron chi connectivity index (χ0n) is 18.5. The molecule has 7 N–H and O–H groups in total. The van der Waals surface area contributed by atoms with Crippen molar-refractivity contribution in [3.63, 3.8) is 0 Å². The first-order chi connectivity index (χ1) is 16.6. The van der Waals surface area contributed by atoms with Gasteiger partial charge in [0.25, 0.3) is 5.69 Å². The van der Waals surface area contributed by atoms with Crippen molar-refractivity contribution in [2.75, 3.05) is 13.2 Å². The number of hydrogen-bond donors (Lipinski definition) is 7. The van der Waals surface area contributed by atoms with Gasteiger partial charge in [-0.15, -0.1) is 0 Å². The maximum Gasteiger partial charge on any atom is 0.269 e. The molecular weight excluding hydrogens is 476 g/mol. The van der Waals surface area contributed by atoms with Gasteiger partial charge in [-0.1, -0.05) is 0 Å². The largest absolute Gasteiger partial charge is 0.463 e. The third kappa shape index (κ3) is 6.03. The SMILES string of the molecule is CC(=O)N[C@@H]1[C@@H](Oc2ccc([N+](=O)[O-])cc2)O[C@H](CO)[C@@H](O[C@@H]2O[C@H](CO)[C@H](O)[C@H](O)[C@H]2O)[C@@H]1O.